The van der Waals surface area contributed by atoms with E-state index in [1.807, 2.05) is 79.5 Å². The molecule has 4 heteroatoms. The molecular formula is C20H19N3O. The third-order valence-electron chi connectivity index (χ3n) is 3.82. The topological polar surface area (TPSA) is 45.2 Å². The Kier molecular flexibility index (Phi) is 4.57. The first-order valence-corrected chi connectivity index (χ1v) is 7.76. The lowest BCUT2D eigenvalue weighted by atomic mass is 10.2. The Bertz CT molecular complexity index is 812. The summed E-state index contributed by atoms with van der Waals surface area (Å²) < 4.78 is 0. The lowest BCUT2D eigenvalue weighted by Gasteiger charge is -2.19. The second-order valence-electron chi connectivity index (χ2n) is 5.62. The van der Waals surface area contributed by atoms with Crippen molar-refractivity contribution in [3.05, 3.63) is 84.2 Å². The molecule has 4 nitrogen and oxygen atoms in total. The Balaban J connectivity index is 1.72. The number of pyridine rings is 1. The van der Waals surface area contributed by atoms with E-state index in [1.165, 1.54) is 0 Å². The Morgan fingerprint density at radius 2 is 1.62 bits per heavy atom. The van der Waals surface area contributed by atoms with Crippen molar-refractivity contribution in [3.8, 4) is 0 Å². The first-order valence-electron chi connectivity index (χ1n) is 7.76. The van der Waals surface area contributed by atoms with Crippen LogP contribution in [-0.2, 0) is 0 Å². The molecule has 0 atom stereocenters. The molecule has 0 bridgehead atoms. The van der Waals surface area contributed by atoms with Crippen LogP contribution in [0.25, 0.3) is 0 Å². The zero-order valence-electron chi connectivity index (χ0n) is 13.7. The van der Waals surface area contributed by atoms with E-state index < -0.39 is 0 Å². The van der Waals surface area contributed by atoms with Crippen LogP contribution in [-0.4, -0.2) is 17.9 Å². The highest BCUT2D eigenvalue weighted by atomic mass is 16.1. The van der Waals surface area contributed by atoms with Crippen LogP contribution in [0, 0.1) is 6.92 Å². The summed E-state index contributed by atoms with van der Waals surface area (Å²) in [5, 5.41) is 2.85. The normalized spacial score (nSPS) is 10.2. The number of benzene rings is 2. The summed E-state index contributed by atoms with van der Waals surface area (Å²) in [5.41, 5.74) is 4.29. The minimum atomic E-state index is -0.215. The van der Waals surface area contributed by atoms with Gasteiger partial charge >= 0.3 is 0 Å². The first-order chi connectivity index (χ1) is 11.6. The third-order valence-corrected chi connectivity index (χ3v) is 3.82. The second-order valence-corrected chi connectivity index (χ2v) is 5.62. The molecule has 0 saturated carbocycles. The third kappa shape index (κ3) is 3.60. The van der Waals surface area contributed by atoms with Gasteiger partial charge in [0, 0.05) is 18.4 Å². The van der Waals surface area contributed by atoms with Crippen LogP contribution in [0.4, 0.5) is 17.1 Å². The highest BCUT2D eigenvalue weighted by Gasteiger charge is 2.09. The number of aromatic nitrogens is 1. The van der Waals surface area contributed by atoms with Crippen LogP contribution in [0.1, 0.15) is 16.1 Å². The van der Waals surface area contributed by atoms with E-state index in [0.717, 1.165) is 22.6 Å². The van der Waals surface area contributed by atoms with Gasteiger partial charge < -0.3 is 10.2 Å². The van der Waals surface area contributed by atoms with Gasteiger partial charge in [0.15, 0.2) is 0 Å². The SMILES string of the molecule is Cc1ccc(NC(=O)c2ccc(N(C)c3ccccc3)cn2)cc1. The molecule has 120 valence electrons. The van der Waals surface area contributed by atoms with Crippen molar-refractivity contribution >= 4 is 23.0 Å². The summed E-state index contributed by atoms with van der Waals surface area (Å²) in [7, 11) is 1.97. The van der Waals surface area contributed by atoms with E-state index in [4.69, 9.17) is 0 Å². The second kappa shape index (κ2) is 6.96. The smallest absolute Gasteiger partial charge is 0.274 e. The van der Waals surface area contributed by atoms with Crippen LogP contribution >= 0.6 is 0 Å². The van der Waals surface area contributed by atoms with Crippen molar-refractivity contribution in [2.24, 2.45) is 0 Å². The summed E-state index contributed by atoms with van der Waals surface area (Å²) in [6.45, 7) is 2.01. The predicted octanol–water partition coefficient (Wildman–Crippen LogP) is 4.41. The van der Waals surface area contributed by atoms with Crippen molar-refractivity contribution in [2.75, 3.05) is 17.3 Å². The molecule has 1 N–H and O–H groups in total. The number of hydrogen-bond acceptors (Lipinski definition) is 3. The molecule has 0 aliphatic rings. The molecule has 3 aromatic rings. The van der Waals surface area contributed by atoms with Gasteiger partial charge in [0.2, 0.25) is 0 Å². The number of nitrogens with zero attached hydrogens (tertiary/aromatic N) is 2. The van der Waals surface area contributed by atoms with Gasteiger partial charge in [-0.15, -0.1) is 0 Å². The molecular weight excluding hydrogens is 298 g/mol. The maximum Gasteiger partial charge on any atom is 0.274 e. The van der Waals surface area contributed by atoms with E-state index in [0.29, 0.717) is 5.69 Å². The van der Waals surface area contributed by atoms with Crippen LogP contribution in [0.5, 0.6) is 0 Å². The summed E-state index contributed by atoms with van der Waals surface area (Å²) in [6.07, 6.45) is 1.71. The van der Waals surface area contributed by atoms with E-state index in [9.17, 15) is 4.79 Å². The maximum atomic E-state index is 12.3. The van der Waals surface area contributed by atoms with Crippen molar-refractivity contribution in [1.29, 1.82) is 0 Å². The number of carbonyl (C=O) groups excluding carboxylic acids is 1. The van der Waals surface area contributed by atoms with Gasteiger partial charge in [-0.05, 0) is 43.3 Å². The minimum Gasteiger partial charge on any atom is -0.343 e. The molecule has 1 amide bonds. The molecule has 0 fully saturated rings. The monoisotopic (exact) mass is 317 g/mol. The Morgan fingerprint density at radius 1 is 0.917 bits per heavy atom. The number of amides is 1. The van der Waals surface area contributed by atoms with E-state index in [2.05, 4.69) is 10.3 Å². The van der Waals surface area contributed by atoms with E-state index in [1.54, 1.807) is 12.3 Å². The number of nitrogens with one attached hydrogen (secondary N) is 1. The lowest BCUT2D eigenvalue weighted by Crippen LogP contribution is -2.15. The highest BCUT2D eigenvalue weighted by molar-refractivity contribution is 6.03. The summed E-state index contributed by atoms with van der Waals surface area (Å²) >= 11 is 0. The predicted molar refractivity (Wildman–Crippen MR) is 97.9 cm³/mol. The van der Waals surface area contributed by atoms with Crippen molar-refractivity contribution in [3.63, 3.8) is 0 Å². The average molecular weight is 317 g/mol. The zero-order valence-corrected chi connectivity index (χ0v) is 13.7. The average Bonchev–Trinajstić information content (AvgIpc) is 2.64. The Morgan fingerprint density at radius 3 is 2.25 bits per heavy atom. The van der Waals surface area contributed by atoms with E-state index in [-0.39, 0.29) is 5.91 Å². The largest absolute Gasteiger partial charge is 0.343 e. The molecule has 0 radical (unpaired) electrons. The molecule has 3 rings (SSSR count). The molecule has 2 aromatic carbocycles. The van der Waals surface area contributed by atoms with Gasteiger partial charge in [0.1, 0.15) is 5.69 Å². The van der Waals surface area contributed by atoms with Crippen molar-refractivity contribution in [1.82, 2.24) is 4.98 Å². The van der Waals surface area contributed by atoms with E-state index >= 15 is 0 Å². The van der Waals surface area contributed by atoms with Crippen LogP contribution in [0.3, 0.4) is 0 Å². The lowest BCUT2D eigenvalue weighted by molar-refractivity contribution is 0.102. The number of para-hydroxylation sites is 1. The van der Waals surface area contributed by atoms with Crippen LogP contribution in [0.2, 0.25) is 0 Å². The molecule has 1 aromatic heterocycles. The fourth-order valence-electron chi connectivity index (χ4n) is 2.35. The van der Waals surface area contributed by atoms with Gasteiger partial charge in [-0.3, -0.25) is 4.79 Å². The number of carbonyl (C=O) groups is 1. The Hall–Kier alpha value is -3.14. The summed E-state index contributed by atoms with van der Waals surface area (Å²) in [4.78, 5) is 18.6. The number of aryl methyl sites for hydroxylation is 1. The molecule has 0 spiro atoms. The summed E-state index contributed by atoms with van der Waals surface area (Å²) in [5.74, 6) is -0.215. The van der Waals surface area contributed by atoms with Gasteiger partial charge in [0.05, 0.1) is 11.9 Å². The molecule has 24 heavy (non-hydrogen) atoms. The summed E-state index contributed by atoms with van der Waals surface area (Å²) in [6, 6.07) is 21.3. The number of rotatable bonds is 4. The minimum absolute atomic E-state index is 0.215. The van der Waals surface area contributed by atoms with Crippen LogP contribution in [0.15, 0.2) is 72.9 Å². The molecule has 0 aliphatic carbocycles. The van der Waals surface area contributed by atoms with Crippen LogP contribution < -0.4 is 10.2 Å². The van der Waals surface area contributed by atoms with Gasteiger partial charge in [-0.1, -0.05) is 35.9 Å². The molecule has 0 aliphatic heterocycles. The zero-order chi connectivity index (χ0) is 16.9. The molecule has 1 heterocycles. The standard InChI is InChI=1S/C20H19N3O/c1-15-8-10-16(11-9-15)22-20(24)19-13-12-18(14-21-19)23(2)17-6-4-3-5-7-17/h3-14H,1-2H3,(H,22,24). The maximum absolute atomic E-state index is 12.3. The highest BCUT2D eigenvalue weighted by Crippen LogP contribution is 2.22. The Labute approximate surface area is 141 Å². The first kappa shape index (κ1) is 15.7. The quantitative estimate of drug-likeness (QED) is 0.775. The van der Waals surface area contributed by atoms with Gasteiger partial charge in [-0.2, -0.15) is 0 Å². The number of anilines is 3. The molecule has 0 saturated heterocycles. The van der Waals surface area contributed by atoms with Crippen molar-refractivity contribution < 1.29 is 4.79 Å². The van der Waals surface area contributed by atoms with Gasteiger partial charge in [-0.25, -0.2) is 4.98 Å². The van der Waals surface area contributed by atoms with Crippen molar-refractivity contribution in [2.45, 2.75) is 6.92 Å². The van der Waals surface area contributed by atoms with Gasteiger partial charge in [0.25, 0.3) is 5.91 Å². The molecule has 0 unspecified atom stereocenters. The fourth-order valence-corrected chi connectivity index (χ4v) is 2.35. The fraction of sp³-hybridized carbons (Fsp3) is 0.100. The number of hydrogen-bond donors (Lipinski definition) is 1.